The van der Waals surface area contributed by atoms with Gasteiger partial charge in [-0.15, -0.1) is 5.10 Å². The summed E-state index contributed by atoms with van der Waals surface area (Å²) in [5.74, 6) is 0.543. The predicted molar refractivity (Wildman–Crippen MR) is 118 cm³/mol. The average molecular weight is 414 g/mol. The molecular formula is C23H18N4O2S. The van der Waals surface area contributed by atoms with E-state index in [9.17, 15) is 4.79 Å². The van der Waals surface area contributed by atoms with E-state index in [1.54, 1.807) is 10.7 Å². The maximum absolute atomic E-state index is 12.1. The van der Waals surface area contributed by atoms with Gasteiger partial charge in [0.1, 0.15) is 5.58 Å². The highest BCUT2D eigenvalue weighted by molar-refractivity contribution is 7.98. The van der Waals surface area contributed by atoms with Crippen LogP contribution < -0.4 is 5.63 Å². The Morgan fingerprint density at radius 3 is 2.77 bits per heavy atom. The molecule has 7 heteroatoms. The molecule has 0 atom stereocenters. The first-order valence-electron chi connectivity index (χ1n) is 9.53. The smallest absolute Gasteiger partial charge is 0.336 e. The molecule has 30 heavy (non-hydrogen) atoms. The quantitative estimate of drug-likeness (QED) is 0.238. The number of nitrogens with zero attached hydrogens (tertiary/aromatic N) is 4. The molecule has 0 N–H and O–H groups in total. The summed E-state index contributed by atoms with van der Waals surface area (Å²) in [5, 5.41) is 16.0. The van der Waals surface area contributed by atoms with Gasteiger partial charge in [0, 0.05) is 17.2 Å². The molecule has 0 aliphatic rings. The van der Waals surface area contributed by atoms with Crippen molar-refractivity contribution in [3.05, 3.63) is 87.8 Å². The van der Waals surface area contributed by atoms with Gasteiger partial charge in [-0.25, -0.2) is 4.79 Å². The first-order valence-corrected chi connectivity index (χ1v) is 10.5. The summed E-state index contributed by atoms with van der Waals surface area (Å²) in [6.07, 6.45) is 0. The maximum Gasteiger partial charge on any atom is 0.336 e. The summed E-state index contributed by atoms with van der Waals surface area (Å²) >= 11 is 1.49. The monoisotopic (exact) mass is 414 g/mol. The lowest BCUT2D eigenvalue weighted by molar-refractivity contribution is 0.560. The number of benzene rings is 3. The van der Waals surface area contributed by atoms with Crippen LogP contribution in [0.15, 0.2) is 75.0 Å². The summed E-state index contributed by atoms with van der Waals surface area (Å²) in [5.41, 5.74) is 4.36. The van der Waals surface area contributed by atoms with Gasteiger partial charge in [0.15, 0.2) is 0 Å². The molecule has 2 heterocycles. The summed E-state index contributed by atoms with van der Waals surface area (Å²) in [4.78, 5) is 12.1. The Kier molecular flexibility index (Phi) is 4.59. The minimum Gasteiger partial charge on any atom is -0.423 e. The third-order valence-corrected chi connectivity index (χ3v) is 6.06. The maximum atomic E-state index is 12.1. The van der Waals surface area contributed by atoms with Gasteiger partial charge >= 0.3 is 5.63 Å². The van der Waals surface area contributed by atoms with E-state index in [0.29, 0.717) is 16.5 Å². The van der Waals surface area contributed by atoms with Crippen LogP contribution in [0.1, 0.15) is 16.7 Å². The molecule has 0 spiro atoms. The van der Waals surface area contributed by atoms with Crippen molar-refractivity contribution >= 4 is 33.5 Å². The standard InChI is InChI=1S/C23H18N4O2S/c1-14-7-9-19(15(2)11-14)27-23(24-25-26-27)30-13-17-12-21(28)29-20-10-8-16-5-3-4-6-18(16)22(17)20/h3-12H,13H2,1-2H3. The molecule has 6 nitrogen and oxygen atoms in total. The SMILES string of the molecule is Cc1ccc(-n2nnnc2SCc2cc(=O)oc3ccc4ccccc4c23)c(C)c1. The zero-order chi connectivity index (χ0) is 20.7. The van der Waals surface area contributed by atoms with Gasteiger partial charge in [0.05, 0.1) is 5.69 Å². The van der Waals surface area contributed by atoms with Gasteiger partial charge in [0.2, 0.25) is 5.16 Å². The van der Waals surface area contributed by atoms with E-state index < -0.39 is 0 Å². The largest absolute Gasteiger partial charge is 0.423 e. The van der Waals surface area contributed by atoms with Crippen molar-refractivity contribution < 1.29 is 4.42 Å². The fourth-order valence-electron chi connectivity index (χ4n) is 3.74. The second-order valence-corrected chi connectivity index (χ2v) is 8.14. The van der Waals surface area contributed by atoms with Gasteiger partial charge < -0.3 is 4.42 Å². The van der Waals surface area contributed by atoms with Crippen molar-refractivity contribution in [3.8, 4) is 5.69 Å². The Morgan fingerprint density at radius 1 is 1.03 bits per heavy atom. The number of hydrogen-bond donors (Lipinski definition) is 0. The van der Waals surface area contributed by atoms with Crippen LogP contribution in [-0.4, -0.2) is 20.2 Å². The topological polar surface area (TPSA) is 73.8 Å². The van der Waals surface area contributed by atoms with E-state index in [4.69, 9.17) is 4.42 Å². The van der Waals surface area contributed by atoms with E-state index in [-0.39, 0.29) is 5.63 Å². The van der Waals surface area contributed by atoms with E-state index in [1.807, 2.05) is 49.4 Å². The van der Waals surface area contributed by atoms with Crippen LogP contribution in [-0.2, 0) is 5.75 Å². The minimum absolute atomic E-state index is 0.359. The van der Waals surface area contributed by atoms with Crippen LogP contribution in [0.2, 0.25) is 0 Å². The van der Waals surface area contributed by atoms with Gasteiger partial charge in [-0.3, -0.25) is 0 Å². The van der Waals surface area contributed by atoms with Gasteiger partial charge in [-0.05, 0) is 58.3 Å². The third kappa shape index (κ3) is 3.27. The van der Waals surface area contributed by atoms with Crippen LogP contribution in [0, 0.1) is 13.8 Å². The molecule has 2 aromatic heterocycles. The van der Waals surface area contributed by atoms with E-state index in [2.05, 4.69) is 34.6 Å². The Balaban J connectivity index is 1.56. The van der Waals surface area contributed by atoms with Crippen molar-refractivity contribution in [3.63, 3.8) is 0 Å². The summed E-state index contributed by atoms with van der Waals surface area (Å²) in [6, 6.07) is 19.6. The molecule has 3 aromatic carbocycles. The second-order valence-electron chi connectivity index (χ2n) is 7.20. The molecule has 148 valence electrons. The second kappa shape index (κ2) is 7.42. The van der Waals surface area contributed by atoms with Crippen LogP contribution >= 0.6 is 11.8 Å². The summed E-state index contributed by atoms with van der Waals surface area (Å²) in [6.45, 7) is 4.10. The Hall–Kier alpha value is -3.45. The molecular weight excluding hydrogens is 396 g/mol. The highest BCUT2D eigenvalue weighted by Crippen LogP contribution is 2.31. The highest BCUT2D eigenvalue weighted by Gasteiger charge is 2.14. The summed E-state index contributed by atoms with van der Waals surface area (Å²) < 4.78 is 7.20. The van der Waals surface area contributed by atoms with Crippen LogP contribution in [0.25, 0.3) is 27.4 Å². The minimum atomic E-state index is -0.359. The molecule has 5 rings (SSSR count). The lowest BCUT2D eigenvalue weighted by Crippen LogP contribution is -2.03. The van der Waals surface area contributed by atoms with Crippen molar-refractivity contribution in [1.82, 2.24) is 20.2 Å². The van der Waals surface area contributed by atoms with Gasteiger partial charge in [0.25, 0.3) is 0 Å². The first-order chi connectivity index (χ1) is 14.6. The molecule has 0 aliphatic heterocycles. The molecule has 0 bridgehead atoms. The predicted octanol–water partition coefficient (Wildman–Crippen LogP) is 4.83. The third-order valence-electron chi connectivity index (χ3n) is 5.09. The molecule has 0 saturated carbocycles. The molecule has 5 aromatic rings. The molecule has 0 unspecified atom stereocenters. The average Bonchev–Trinajstić information content (AvgIpc) is 3.20. The molecule has 0 aliphatic carbocycles. The molecule has 0 fully saturated rings. The first kappa shape index (κ1) is 18.6. The fourth-order valence-corrected chi connectivity index (χ4v) is 4.60. The Bertz CT molecular complexity index is 1460. The number of thioether (sulfide) groups is 1. The van der Waals surface area contributed by atoms with Crippen molar-refractivity contribution in [2.75, 3.05) is 0 Å². The van der Waals surface area contributed by atoms with Gasteiger partial charge in [-0.2, -0.15) is 4.68 Å². The summed E-state index contributed by atoms with van der Waals surface area (Å²) in [7, 11) is 0. The lowest BCUT2D eigenvalue weighted by atomic mass is 10.0. The number of hydrogen-bond acceptors (Lipinski definition) is 6. The lowest BCUT2D eigenvalue weighted by Gasteiger charge is -2.10. The number of rotatable bonds is 4. The Morgan fingerprint density at radius 2 is 1.90 bits per heavy atom. The highest BCUT2D eigenvalue weighted by atomic mass is 32.2. The van der Waals surface area contributed by atoms with E-state index in [1.165, 1.54) is 17.3 Å². The molecule has 0 saturated heterocycles. The Labute approximate surface area is 176 Å². The fraction of sp³-hybridized carbons (Fsp3) is 0.130. The normalized spacial score (nSPS) is 11.4. The zero-order valence-electron chi connectivity index (χ0n) is 16.5. The van der Waals surface area contributed by atoms with Crippen molar-refractivity contribution in [2.24, 2.45) is 0 Å². The van der Waals surface area contributed by atoms with E-state index in [0.717, 1.165) is 33.0 Å². The van der Waals surface area contributed by atoms with Crippen LogP contribution in [0.5, 0.6) is 0 Å². The molecule has 0 radical (unpaired) electrons. The van der Waals surface area contributed by atoms with E-state index >= 15 is 0 Å². The number of fused-ring (bicyclic) bond motifs is 3. The zero-order valence-corrected chi connectivity index (χ0v) is 17.3. The van der Waals surface area contributed by atoms with Crippen molar-refractivity contribution in [2.45, 2.75) is 24.8 Å². The van der Waals surface area contributed by atoms with Gasteiger partial charge in [-0.1, -0.05) is 59.8 Å². The number of aromatic nitrogens is 4. The number of aryl methyl sites for hydroxylation is 2. The number of tetrazole rings is 1. The van der Waals surface area contributed by atoms with Crippen LogP contribution in [0.4, 0.5) is 0 Å². The van der Waals surface area contributed by atoms with Crippen LogP contribution in [0.3, 0.4) is 0 Å². The molecule has 0 amide bonds. The van der Waals surface area contributed by atoms with Crippen molar-refractivity contribution in [1.29, 1.82) is 0 Å².